The van der Waals surface area contributed by atoms with Gasteiger partial charge in [-0.2, -0.15) is 18.3 Å². The molecule has 2 aliphatic rings. The van der Waals surface area contributed by atoms with Gasteiger partial charge in [0.15, 0.2) is 17.1 Å². The van der Waals surface area contributed by atoms with Gasteiger partial charge in [0.1, 0.15) is 23.4 Å². The number of rotatable bonds is 4. The molecule has 0 radical (unpaired) electrons. The molecule has 4 aromatic rings. The number of halogens is 3. The first kappa shape index (κ1) is 30.0. The number of nitrogens with zero attached hydrogens (tertiary/aromatic N) is 5. The van der Waals surface area contributed by atoms with Crippen LogP contribution >= 0.6 is 0 Å². The zero-order valence-corrected chi connectivity index (χ0v) is 24.6. The summed E-state index contributed by atoms with van der Waals surface area (Å²) >= 11 is 0. The smallest absolute Gasteiger partial charge is 0.416 e. The fourth-order valence-electron chi connectivity index (χ4n) is 5.37. The number of hydrogen-bond donors (Lipinski definition) is 2. The Bertz CT molecular complexity index is 1780. The highest BCUT2D eigenvalue weighted by atomic mass is 19.4. The van der Waals surface area contributed by atoms with E-state index in [2.05, 4.69) is 15.3 Å². The van der Waals surface area contributed by atoms with Crippen LogP contribution in [0.1, 0.15) is 55.6 Å². The maximum absolute atomic E-state index is 13.0. The van der Waals surface area contributed by atoms with E-state index in [1.165, 1.54) is 6.33 Å². The lowest BCUT2D eigenvalue weighted by Crippen LogP contribution is -2.43. The number of piperidine rings is 1. The molecular weight excluding hydrogens is 595 g/mol. The molecule has 15 heteroatoms. The van der Waals surface area contributed by atoms with Crippen LogP contribution in [0, 0.1) is 0 Å². The van der Waals surface area contributed by atoms with E-state index in [4.69, 9.17) is 25.0 Å². The van der Waals surface area contributed by atoms with Crippen molar-refractivity contribution in [3.63, 3.8) is 0 Å². The van der Waals surface area contributed by atoms with Gasteiger partial charge in [-0.25, -0.2) is 19.4 Å². The van der Waals surface area contributed by atoms with Crippen LogP contribution in [0.2, 0.25) is 0 Å². The van der Waals surface area contributed by atoms with E-state index >= 15 is 0 Å². The number of hydrogen-bond acceptors (Lipinski definition) is 9. The number of carbonyl (C=O) groups excluding carboxylic acids is 2. The molecule has 6 rings (SSSR count). The van der Waals surface area contributed by atoms with Crippen molar-refractivity contribution in [1.29, 1.82) is 0 Å². The summed E-state index contributed by atoms with van der Waals surface area (Å²) in [5.41, 5.74) is 6.51. The second-order valence-electron chi connectivity index (χ2n) is 11.7. The minimum absolute atomic E-state index is 0.0299. The van der Waals surface area contributed by atoms with Crippen molar-refractivity contribution in [2.45, 2.75) is 51.4 Å². The van der Waals surface area contributed by atoms with Gasteiger partial charge in [-0.05, 0) is 70.0 Å². The van der Waals surface area contributed by atoms with Crippen LogP contribution in [0.15, 0.2) is 42.7 Å². The third kappa shape index (κ3) is 5.89. The van der Waals surface area contributed by atoms with E-state index in [1.807, 2.05) is 20.8 Å². The van der Waals surface area contributed by atoms with Crippen LogP contribution in [0.25, 0.3) is 22.3 Å². The highest BCUT2D eigenvalue weighted by molar-refractivity contribution is 6.06. The van der Waals surface area contributed by atoms with E-state index in [0.717, 1.165) is 37.1 Å². The van der Waals surface area contributed by atoms with Gasteiger partial charge in [0.2, 0.25) is 6.79 Å². The molecule has 4 heterocycles. The average Bonchev–Trinajstić information content (AvgIpc) is 3.63. The second-order valence-corrected chi connectivity index (χ2v) is 11.7. The van der Waals surface area contributed by atoms with Crippen molar-refractivity contribution in [1.82, 2.24) is 24.6 Å². The Morgan fingerprint density at radius 1 is 1.04 bits per heavy atom. The fourth-order valence-corrected chi connectivity index (χ4v) is 5.37. The molecule has 0 spiro atoms. The van der Waals surface area contributed by atoms with Crippen molar-refractivity contribution >= 4 is 34.5 Å². The van der Waals surface area contributed by atoms with E-state index < -0.39 is 29.3 Å². The lowest BCUT2D eigenvalue weighted by molar-refractivity contribution is -0.137. The summed E-state index contributed by atoms with van der Waals surface area (Å²) in [5, 5.41) is 8.06. The second kappa shape index (κ2) is 11.1. The molecule has 236 valence electrons. The van der Waals surface area contributed by atoms with Gasteiger partial charge in [-0.3, -0.25) is 4.79 Å². The monoisotopic (exact) mass is 625 g/mol. The number of likely N-dealkylation sites (tertiary alicyclic amines) is 1. The summed E-state index contributed by atoms with van der Waals surface area (Å²) in [6.07, 6.45) is -2.13. The number of aromatic nitrogens is 4. The summed E-state index contributed by atoms with van der Waals surface area (Å²) < 4.78 is 57.7. The van der Waals surface area contributed by atoms with E-state index in [1.54, 1.807) is 21.7 Å². The molecule has 1 atom stereocenters. The van der Waals surface area contributed by atoms with Crippen molar-refractivity contribution in [3.05, 3.63) is 53.9 Å². The van der Waals surface area contributed by atoms with Gasteiger partial charge >= 0.3 is 12.3 Å². The van der Waals surface area contributed by atoms with Crippen LogP contribution in [0.3, 0.4) is 0 Å². The Labute approximate surface area is 255 Å². The summed E-state index contributed by atoms with van der Waals surface area (Å²) in [6, 6.07) is 6.90. The number of carbonyl (C=O) groups is 2. The number of benzene rings is 2. The normalized spacial score (nSPS) is 16.6. The Morgan fingerprint density at radius 2 is 1.78 bits per heavy atom. The highest BCUT2D eigenvalue weighted by Crippen LogP contribution is 2.48. The number of fused-ring (bicyclic) bond motifs is 2. The lowest BCUT2D eigenvalue weighted by Gasteiger charge is -2.34. The highest BCUT2D eigenvalue weighted by Gasteiger charge is 2.33. The van der Waals surface area contributed by atoms with Gasteiger partial charge in [0.25, 0.3) is 5.91 Å². The largest absolute Gasteiger partial charge is 0.453 e. The first-order chi connectivity index (χ1) is 21.3. The Morgan fingerprint density at radius 3 is 2.49 bits per heavy atom. The molecular formula is C30H30F3N7O5. The summed E-state index contributed by atoms with van der Waals surface area (Å²) in [6.45, 7) is 6.20. The Balaban J connectivity index is 1.33. The Hall–Kier alpha value is -5.08. The van der Waals surface area contributed by atoms with Gasteiger partial charge < -0.3 is 30.2 Å². The molecule has 2 aliphatic heterocycles. The van der Waals surface area contributed by atoms with Crippen molar-refractivity contribution < 1.29 is 37.0 Å². The lowest BCUT2D eigenvalue weighted by atomic mass is 10.1. The van der Waals surface area contributed by atoms with Gasteiger partial charge in [-0.15, -0.1) is 0 Å². The van der Waals surface area contributed by atoms with E-state index in [0.29, 0.717) is 35.4 Å². The zero-order valence-electron chi connectivity index (χ0n) is 24.6. The van der Waals surface area contributed by atoms with Crippen LogP contribution in [0.4, 0.5) is 29.5 Å². The molecule has 2 amide bonds. The van der Waals surface area contributed by atoms with E-state index in [-0.39, 0.29) is 41.4 Å². The molecule has 0 saturated carbocycles. The molecule has 12 nitrogen and oxygen atoms in total. The number of nitrogens with two attached hydrogens (primary N) is 1. The first-order valence-electron chi connectivity index (χ1n) is 14.2. The summed E-state index contributed by atoms with van der Waals surface area (Å²) in [4.78, 5) is 36.0. The number of amides is 2. The van der Waals surface area contributed by atoms with Crippen molar-refractivity contribution in [2.75, 3.05) is 30.9 Å². The molecule has 2 aromatic heterocycles. The van der Waals surface area contributed by atoms with Crippen LogP contribution in [-0.2, 0) is 10.9 Å². The standard InChI is InChI=1S/C30H30F3N7O5/c1-29(2,3)45-28(42)39-12-4-5-18(13-39)40-26-21(25(34)35-14-36-26)22(38-40)19-10-11-20(24-23(19)43-15-44-24)37-27(41)16-6-8-17(9-7-16)30(31,32)33/h6-11,14,18H,4-5,12-13,15H2,1-3H3,(H,37,41)(H2,34,35,36)/t18-/m1/s1. The average molecular weight is 626 g/mol. The van der Waals surface area contributed by atoms with Gasteiger partial charge in [0, 0.05) is 24.2 Å². The predicted molar refractivity (Wildman–Crippen MR) is 157 cm³/mol. The number of ether oxygens (including phenoxy) is 3. The third-order valence-electron chi connectivity index (χ3n) is 7.41. The van der Waals surface area contributed by atoms with E-state index in [9.17, 15) is 22.8 Å². The molecule has 0 aliphatic carbocycles. The number of nitrogen functional groups attached to an aromatic ring is 1. The number of alkyl halides is 3. The summed E-state index contributed by atoms with van der Waals surface area (Å²) in [7, 11) is 0. The summed E-state index contributed by atoms with van der Waals surface area (Å²) in [5.74, 6) is 0.0653. The first-order valence-corrected chi connectivity index (χ1v) is 14.2. The minimum atomic E-state index is -4.52. The maximum atomic E-state index is 13.0. The SMILES string of the molecule is CC(C)(C)OC(=O)N1CCC[C@@H](n2nc(-c3ccc(NC(=O)c4ccc(C(F)(F)F)cc4)c4c3OCO4)c3c(N)ncnc32)C1. The van der Waals surface area contributed by atoms with Crippen LogP contribution in [-0.4, -0.2) is 62.1 Å². The topological polar surface area (TPSA) is 147 Å². The molecule has 1 saturated heterocycles. The third-order valence-corrected chi connectivity index (χ3v) is 7.41. The molecule has 0 bridgehead atoms. The number of nitrogens with one attached hydrogen (secondary N) is 1. The van der Waals surface area contributed by atoms with Crippen molar-refractivity contribution in [3.8, 4) is 22.8 Å². The quantitative estimate of drug-likeness (QED) is 0.294. The predicted octanol–water partition coefficient (Wildman–Crippen LogP) is 5.65. The maximum Gasteiger partial charge on any atom is 0.416 e. The van der Waals surface area contributed by atoms with Gasteiger partial charge in [0.05, 0.1) is 22.7 Å². The van der Waals surface area contributed by atoms with Crippen molar-refractivity contribution in [2.24, 2.45) is 0 Å². The van der Waals surface area contributed by atoms with Crippen LogP contribution in [0.5, 0.6) is 11.5 Å². The zero-order chi connectivity index (χ0) is 32.1. The molecule has 1 fully saturated rings. The molecule has 2 aromatic carbocycles. The number of anilines is 2. The molecule has 0 unspecified atom stereocenters. The van der Waals surface area contributed by atoms with Crippen LogP contribution < -0.4 is 20.5 Å². The Kier molecular flexibility index (Phi) is 7.41. The molecule has 45 heavy (non-hydrogen) atoms. The minimum Gasteiger partial charge on any atom is -0.453 e. The molecule has 3 N–H and O–H groups in total. The fraction of sp³-hybridized carbons (Fsp3) is 0.367. The van der Waals surface area contributed by atoms with Gasteiger partial charge in [-0.1, -0.05) is 0 Å².